The summed E-state index contributed by atoms with van der Waals surface area (Å²) in [6.45, 7) is 0. The normalized spacial score (nSPS) is 10.7. The first-order chi connectivity index (χ1) is 8.99. The number of carbonyl (C=O) groups is 1. The number of benzene rings is 1. The summed E-state index contributed by atoms with van der Waals surface area (Å²) in [5.41, 5.74) is 0.0271. The Morgan fingerprint density at radius 1 is 1.47 bits per heavy atom. The average Bonchev–Trinajstić information content (AvgIpc) is 2.73. The first kappa shape index (κ1) is 13.9. The third-order valence-electron chi connectivity index (χ3n) is 2.06. The molecule has 0 atom stereocenters. The third-order valence-corrected chi connectivity index (χ3v) is 3.60. The van der Waals surface area contributed by atoms with Crippen molar-refractivity contribution < 1.29 is 18.7 Å². The van der Waals surface area contributed by atoms with Crippen molar-refractivity contribution >= 4 is 33.7 Å². The highest BCUT2D eigenvalue weighted by Crippen LogP contribution is 2.28. The Balaban J connectivity index is 2.43. The van der Waals surface area contributed by atoms with E-state index in [1.54, 1.807) is 0 Å². The van der Waals surface area contributed by atoms with Crippen LogP contribution in [0.4, 0.5) is 8.78 Å². The Labute approximate surface area is 118 Å². The van der Waals surface area contributed by atoms with Gasteiger partial charge in [-0.1, -0.05) is 11.8 Å². The van der Waals surface area contributed by atoms with E-state index < -0.39 is 17.6 Å². The lowest BCUT2D eigenvalue weighted by molar-refractivity contribution is -0.133. The fourth-order valence-corrected chi connectivity index (χ4v) is 2.60. The molecule has 1 aromatic heterocycles. The summed E-state index contributed by atoms with van der Waals surface area (Å²) in [5.74, 6) is -2.79. The lowest BCUT2D eigenvalue weighted by atomic mass is 10.3. The Morgan fingerprint density at radius 2 is 2.21 bits per heavy atom. The smallest absolute Gasteiger partial charge is 0.313 e. The highest BCUT2D eigenvalue weighted by molar-refractivity contribution is 9.10. The number of carboxylic acids is 1. The van der Waals surface area contributed by atoms with E-state index in [0.717, 1.165) is 23.9 Å². The molecule has 2 aromatic rings. The zero-order valence-electron chi connectivity index (χ0n) is 9.18. The minimum absolute atomic E-state index is 0.0271. The lowest BCUT2D eigenvalue weighted by Crippen LogP contribution is -2.04. The summed E-state index contributed by atoms with van der Waals surface area (Å²) >= 11 is 3.94. The van der Waals surface area contributed by atoms with Crippen LogP contribution in [0.3, 0.4) is 0 Å². The molecule has 0 bridgehead atoms. The van der Waals surface area contributed by atoms with Gasteiger partial charge in [0.2, 0.25) is 0 Å². The van der Waals surface area contributed by atoms with Gasteiger partial charge < -0.3 is 5.11 Å². The van der Waals surface area contributed by atoms with Gasteiger partial charge >= 0.3 is 5.97 Å². The molecular weight excluding hydrogens is 344 g/mol. The van der Waals surface area contributed by atoms with Crippen LogP contribution >= 0.6 is 27.7 Å². The fraction of sp³-hybridized carbons (Fsp3) is 0.100. The number of halogens is 3. The van der Waals surface area contributed by atoms with Crippen LogP contribution in [0.1, 0.15) is 0 Å². The van der Waals surface area contributed by atoms with Crippen LogP contribution in [0.25, 0.3) is 5.69 Å². The highest BCUT2D eigenvalue weighted by atomic mass is 79.9. The van der Waals surface area contributed by atoms with Gasteiger partial charge in [-0.25, -0.2) is 8.78 Å². The van der Waals surface area contributed by atoms with E-state index in [1.807, 2.05) is 0 Å². The first-order valence-corrected chi connectivity index (χ1v) is 6.66. The van der Waals surface area contributed by atoms with E-state index in [9.17, 15) is 13.6 Å². The molecule has 0 aliphatic rings. The molecule has 2 rings (SSSR count). The van der Waals surface area contributed by atoms with Crippen LogP contribution in [0.15, 0.2) is 28.1 Å². The number of nitrogens with zero attached hydrogens (tertiary/aromatic N) is 3. The van der Waals surface area contributed by atoms with E-state index in [0.29, 0.717) is 0 Å². The van der Waals surface area contributed by atoms with Crippen molar-refractivity contribution in [3.63, 3.8) is 0 Å². The predicted octanol–water partition coefficient (Wildman–Crippen LogP) is 2.48. The zero-order valence-corrected chi connectivity index (χ0v) is 11.6. The maximum Gasteiger partial charge on any atom is 0.313 e. The molecule has 9 heteroatoms. The second-order valence-corrected chi connectivity index (χ2v) is 5.18. The third kappa shape index (κ3) is 3.10. The molecule has 0 unspecified atom stereocenters. The molecule has 0 saturated carbocycles. The van der Waals surface area contributed by atoms with Gasteiger partial charge in [0.25, 0.3) is 0 Å². The molecule has 0 aliphatic carbocycles. The van der Waals surface area contributed by atoms with Crippen LogP contribution in [0, 0.1) is 11.6 Å². The van der Waals surface area contributed by atoms with Crippen LogP contribution in [0.2, 0.25) is 0 Å². The zero-order chi connectivity index (χ0) is 14.0. The van der Waals surface area contributed by atoms with Crippen LogP contribution in [-0.2, 0) is 4.79 Å². The van der Waals surface area contributed by atoms with Crippen LogP contribution in [-0.4, -0.2) is 31.6 Å². The van der Waals surface area contributed by atoms with Crippen molar-refractivity contribution in [3.8, 4) is 5.69 Å². The Kier molecular flexibility index (Phi) is 4.15. The molecule has 100 valence electrons. The summed E-state index contributed by atoms with van der Waals surface area (Å²) in [5, 5.41) is 16.1. The maximum atomic E-state index is 13.8. The van der Waals surface area contributed by atoms with Crippen molar-refractivity contribution in [2.45, 2.75) is 5.16 Å². The number of carboxylic acid groups (broad SMARTS) is 1. The number of hydrogen-bond donors (Lipinski definition) is 1. The monoisotopic (exact) mass is 349 g/mol. The number of hydrogen-bond acceptors (Lipinski definition) is 4. The molecule has 0 saturated heterocycles. The van der Waals surface area contributed by atoms with Gasteiger partial charge in [0, 0.05) is 10.5 Å². The summed E-state index contributed by atoms with van der Waals surface area (Å²) in [6.07, 6.45) is 1.23. The standard InChI is InChI=1S/C10H6BrF2N3O2S/c11-6-1-5(12)2-7(13)9(6)16-4-14-15-10(16)19-3-8(17)18/h1-2,4H,3H2,(H,17,18). The molecule has 1 N–H and O–H groups in total. The van der Waals surface area contributed by atoms with Gasteiger partial charge in [-0.3, -0.25) is 9.36 Å². The molecule has 0 spiro atoms. The molecule has 1 aromatic carbocycles. The highest BCUT2D eigenvalue weighted by Gasteiger charge is 2.16. The molecule has 0 radical (unpaired) electrons. The summed E-state index contributed by atoms with van der Waals surface area (Å²) in [7, 11) is 0. The molecule has 19 heavy (non-hydrogen) atoms. The van der Waals surface area contributed by atoms with Crippen molar-refractivity contribution in [2.75, 3.05) is 5.75 Å². The minimum Gasteiger partial charge on any atom is -0.481 e. The molecule has 0 amide bonds. The summed E-state index contributed by atoms with van der Waals surface area (Å²) in [6, 6.07) is 1.83. The molecule has 1 heterocycles. The van der Waals surface area contributed by atoms with Crippen LogP contribution in [0.5, 0.6) is 0 Å². The largest absolute Gasteiger partial charge is 0.481 e. The Hall–Kier alpha value is -1.48. The van der Waals surface area contributed by atoms with E-state index >= 15 is 0 Å². The second-order valence-electron chi connectivity index (χ2n) is 3.38. The minimum atomic E-state index is -1.03. The Bertz CT molecular complexity index is 612. The van der Waals surface area contributed by atoms with Crippen molar-refractivity contribution in [1.82, 2.24) is 14.8 Å². The molecule has 5 nitrogen and oxygen atoms in total. The number of rotatable bonds is 4. The predicted molar refractivity (Wildman–Crippen MR) is 67.3 cm³/mol. The van der Waals surface area contributed by atoms with Gasteiger partial charge in [0.05, 0.1) is 11.4 Å². The second kappa shape index (κ2) is 5.66. The van der Waals surface area contributed by atoms with Crippen molar-refractivity contribution in [3.05, 3.63) is 34.6 Å². The van der Waals surface area contributed by atoms with Crippen molar-refractivity contribution in [2.24, 2.45) is 0 Å². The van der Waals surface area contributed by atoms with Gasteiger partial charge in [-0.2, -0.15) is 0 Å². The fourth-order valence-electron chi connectivity index (χ4n) is 1.37. The van der Waals surface area contributed by atoms with Gasteiger partial charge in [-0.15, -0.1) is 10.2 Å². The Morgan fingerprint density at radius 3 is 2.84 bits per heavy atom. The number of aliphatic carboxylic acids is 1. The lowest BCUT2D eigenvalue weighted by Gasteiger charge is -2.09. The maximum absolute atomic E-state index is 13.8. The number of thioether (sulfide) groups is 1. The SMILES string of the molecule is O=C(O)CSc1nncn1-c1c(F)cc(F)cc1Br. The van der Waals surface area contributed by atoms with Gasteiger partial charge in [-0.05, 0) is 22.0 Å². The summed E-state index contributed by atoms with van der Waals surface area (Å²) in [4.78, 5) is 10.5. The van der Waals surface area contributed by atoms with Gasteiger partial charge in [0.15, 0.2) is 11.0 Å². The molecular formula is C10H6BrF2N3O2S. The quantitative estimate of drug-likeness (QED) is 0.859. The number of aromatic nitrogens is 3. The van der Waals surface area contributed by atoms with E-state index in [1.165, 1.54) is 10.9 Å². The van der Waals surface area contributed by atoms with Crippen molar-refractivity contribution in [1.29, 1.82) is 0 Å². The topological polar surface area (TPSA) is 68.0 Å². The first-order valence-electron chi connectivity index (χ1n) is 4.88. The summed E-state index contributed by atoms with van der Waals surface area (Å²) < 4.78 is 28.2. The van der Waals surface area contributed by atoms with Crippen LogP contribution < -0.4 is 0 Å². The van der Waals surface area contributed by atoms with E-state index in [4.69, 9.17) is 5.11 Å². The average molecular weight is 350 g/mol. The van der Waals surface area contributed by atoms with E-state index in [2.05, 4.69) is 26.1 Å². The molecule has 0 aliphatic heterocycles. The van der Waals surface area contributed by atoms with Gasteiger partial charge in [0.1, 0.15) is 12.1 Å². The van der Waals surface area contributed by atoms with E-state index in [-0.39, 0.29) is 21.1 Å². The molecule has 0 fully saturated rings.